The quantitative estimate of drug-likeness (QED) is 0.845. The third-order valence-electron chi connectivity index (χ3n) is 3.79. The first kappa shape index (κ1) is 15.7. The van der Waals surface area contributed by atoms with Gasteiger partial charge < -0.3 is 10.1 Å². The van der Waals surface area contributed by atoms with Crippen LogP contribution in [0.4, 0.5) is 5.82 Å². The van der Waals surface area contributed by atoms with Crippen molar-refractivity contribution < 1.29 is 9.53 Å². The molecule has 3 rings (SSSR count). The zero-order valence-corrected chi connectivity index (χ0v) is 14.0. The van der Waals surface area contributed by atoms with Gasteiger partial charge in [-0.25, -0.2) is 14.8 Å². The number of carbonyl (C=O) groups excluding carboxylic acids is 1. The van der Waals surface area contributed by atoms with Crippen LogP contribution in [0.25, 0.3) is 0 Å². The Morgan fingerprint density at radius 1 is 1.48 bits per heavy atom. The molecule has 0 bridgehead atoms. The number of nitrogens with zero attached hydrogens (tertiary/aromatic N) is 4. The van der Waals surface area contributed by atoms with Gasteiger partial charge in [-0.1, -0.05) is 11.6 Å². The molecule has 2 aromatic heterocycles. The van der Waals surface area contributed by atoms with E-state index in [0.717, 1.165) is 24.2 Å². The van der Waals surface area contributed by atoms with Crippen LogP contribution in [0.3, 0.4) is 0 Å². The normalized spacial score (nSPS) is 13.9. The molecule has 122 valence electrons. The molecular formula is C15H18ClN5O2. The van der Waals surface area contributed by atoms with Gasteiger partial charge in [-0.2, -0.15) is 5.10 Å². The van der Waals surface area contributed by atoms with E-state index < -0.39 is 5.97 Å². The second kappa shape index (κ2) is 6.16. The monoisotopic (exact) mass is 335 g/mol. The molecular weight excluding hydrogens is 318 g/mol. The second-order valence-corrected chi connectivity index (χ2v) is 5.99. The number of hydrogen-bond donors (Lipinski definition) is 1. The van der Waals surface area contributed by atoms with E-state index in [-0.39, 0.29) is 10.7 Å². The fraction of sp³-hybridized carbons (Fsp3) is 0.467. The average molecular weight is 336 g/mol. The number of aromatic nitrogens is 4. The first-order valence-corrected chi connectivity index (χ1v) is 7.76. The van der Waals surface area contributed by atoms with Crippen LogP contribution in [-0.4, -0.2) is 32.8 Å². The van der Waals surface area contributed by atoms with E-state index in [9.17, 15) is 4.79 Å². The molecule has 1 N–H and O–H groups in total. The number of aryl methyl sites for hydroxylation is 2. The third-order valence-corrected chi connectivity index (χ3v) is 4.15. The van der Waals surface area contributed by atoms with Crippen molar-refractivity contribution in [2.24, 2.45) is 7.05 Å². The van der Waals surface area contributed by atoms with Gasteiger partial charge >= 0.3 is 5.97 Å². The minimum atomic E-state index is -0.559. The molecule has 1 aliphatic carbocycles. The maximum atomic E-state index is 11.9. The summed E-state index contributed by atoms with van der Waals surface area (Å²) in [5.74, 6) is 0.811. The van der Waals surface area contributed by atoms with E-state index in [2.05, 4.69) is 20.4 Å². The second-order valence-electron chi connectivity index (χ2n) is 5.61. The van der Waals surface area contributed by atoms with Gasteiger partial charge in [-0.05, 0) is 25.8 Å². The molecule has 1 aliphatic rings. The lowest BCUT2D eigenvalue weighted by Crippen LogP contribution is -2.12. The van der Waals surface area contributed by atoms with Crippen molar-refractivity contribution in [1.29, 1.82) is 0 Å². The predicted molar refractivity (Wildman–Crippen MR) is 85.6 cm³/mol. The summed E-state index contributed by atoms with van der Waals surface area (Å²) >= 11 is 6.27. The highest BCUT2D eigenvalue weighted by Gasteiger charge is 2.30. The zero-order valence-electron chi connectivity index (χ0n) is 13.3. The highest BCUT2D eigenvalue weighted by atomic mass is 35.5. The van der Waals surface area contributed by atoms with Crippen molar-refractivity contribution in [3.8, 4) is 0 Å². The number of methoxy groups -OCH3 is 1. The van der Waals surface area contributed by atoms with E-state index in [4.69, 9.17) is 16.3 Å². The molecule has 2 heterocycles. The van der Waals surface area contributed by atoms with Crippen LogP contribution in [0, 0.1) is 6.92 Å². The van der Waals surface area contributed by atoms with Gasteiger partial charge in [0.1, 0.15) is 16.7 Å². The molecule has 23 heavy (non-hydrogen) atoms. The predicted octanol–water partition coefficient (Wildman–Crippen LogP) is 2.45. The SMILES string of the molecule is COC(=O)c1nc(C2CC2)nc(NCc2cc(C)n(C)n2)c1Cl. The molecule has 8 heteroatoms. The number of halogens is 1. The molecule has 0 amide bonds. The number of ether oxygens (including phenoxy) is 1. The molecule has 0 atom stereocenters. The fourth-order valence-corrected chi connectivity index (χ4v) is 2.46. The van der Waals surface area contributed by atoms with Gasteiger partial charge in [0.2, 0.25) is 0 Å². The Labute approximate surface area is 139 Å². The van der Waals surface area contributed by atoms with Crippen molar-refractivity contribution in [3.63, 3.8) is 0 Å². The molecule has 2 aromatic rings. The molecule has 1 fully saturated rings. The summed E-state index contributed by atoms with van der Waals surface area (Å²) in [5.41, 5.74) is 2.03. The van der Waals surface area contributed by atoms with Crippen LogP contribution in [-0.2, 0) is 18.3 Å². The van der Waals surface area contributed by atoms with Gasteiger partial charge in [0.15, 0.2) is 5.69 Å². The summed E-state index contributed by atoms with van der Waals surface area (Å²) in [5, 5.41) is 7.70. The topological polar surface area (TPSA) is 81.9 Å². The first-order chi connectivity index (χ1) is 11.0. The van der Waals surface area contributed by atoms with Crippen LogP contribution >= 0.6 is 11.6 Å². The molecule has 7 nitrogen and oxygen atoms in total. The number of hydrogen-bond acceptors (Lipinski definition) is 6. The average Bonchev–Trinajstić information content (AvgIpc) is 3.32. The Hall–Kier alpha value is -2.15. The molecule has 0 radical (unpaired) electrons. The van der Waals surface area contributed by atoms with E-state index in [1.807, 2.05) is 20.0 Å². The third kappa shape index (κ3) is 3.29. The van der Waals surface area contributed by atoms with Crippen LogP contribution < -0.4 is 5.32 Å². The summed E-state index contributed by atoms with van der Waals surface area (Å²) in [7, 11) is 3.19. The number of carbonyl (C=O) groups is 1. The molecule has 0 unspecified atom stereocenters. The Morgan fingerprint density at radius 2 is 2.22 bits per heavy atom. The van der Waals surface area contributed by atoms with Gasteiger partial charge in [0, 0.05) is 18.7 Å². The first-order valence-electron chi connectivity index (χ1n) is 7.38. The molecule has 0 aliphatic heterocycles. The van der Waals surface area contributed by atoms with E-state index in [1.54, 1.807) is 4.68 Å². The van der Waals surface area contributed by atoms with Gasteiger partial charge in [0.05, 0.1) is 19.3 Å². The maximum Gasteiger partial charge on any atom is 0.358 e. The van der Waals surface area contributed by atoms with Gasteiger partial charge in [-0.15, -0.1) is 0 Å². The van der Waals surface area contributed by atoms with Crippen molar-refractivity contribution in [2.75, 3.05) is 12.4 Å². The van der Waals surface area contributed by atoms with Crippen LogP contribution in [0.1, 0.15) is 46.5 Å². The number of nitrogens with one attached hydrogen (secondary N) is 1. The van der Waals surface area contributed by atoms with Crippen LogP contribution in [0.15, 0.2) is 6.07 Å². The van der Waals surface area contributed by atoms with Crippen molar-refractivity contribution in [2.45, 2.75) is 32.2 Å². The lowest BCUT2D eigenvalue weighted by Gasteiger charge is -2.11. The van der Waals surface area contributed by atoms with Gasteiger partial charge in [0.25, 0.3) is 0 Å². The molecule has 0 aromatic carbocycles. The number of esters is 1. The van der Waals surface area contributed by atoms with Crippen LogP contribution in [0.5, 0.6) is 0 Å². The lowest BCUT2D eigenvalue weighted by atomic mass is 10.3. The number of rotatable bonds is 5. The van der Waals surface area contributed by atoms with E-state index >= 15 is 0 Å². The highest BCUT2D eigenvalue weighted by Crippen LogP contribution is 2.39. The van der Waals surface area contributed by atoms with Crippen molar-refractivity contribution in [1.82, 2.24) is 19.7 Å². The summed E-state index contributed by atoms with van der Waals surface area (Å²) in [6, 6.07) is 1.98. The Balaban J connectivity index is 1.87. The molecule has 1 saturated carbocycles. The Morgan fingerprint density at radius 3 is 2.78 bits per heavy atom. The van der Waals surface area contributed by atoms with Gasteiger partial charge in [-0.3, -0.25) is 4.68 Å². The highest BCUT2D eigenvalue weighted by molar-refractivity contribution is 6.35. The Kier molecular flexibility index (Phi) is 4.21. The maximum absolute atomic E-state index is 11.9. The molecule has 0 spiro atoms. The summed E-state index contributed by atoms with van der Waals surface area (Å²) in [4.78, 5) is 20.6. The largest absolute Gasteiger partial charge is 0.464 e. The lowest BCUT2D eigenvalue weighted by molar-refractivity contribution is 0.0593. The smallest absolute Gasteiger partial charge is 0.358 e. The standard InChI is InChI=1S/C15H18ClN5O2/c1-8-6-10(20-21(8)2)7-17-14-11(16)12(15(22)23-3)18-13(19-14)9-4-5-9/h6,9H,4-5,7H2,1-3H3,(H,17,18,19). The fourth-order valence-electron chi connectivity index (χ4n) is 2.23. The van der Waals surface area contributed by atoms with Crippen molar-refractivity contribution >= 4 is 23.4 Å². The zero-order chi connectivity index (χ0) is 16.6. The minimum Gasteiger partial charge on any atom is -0.464 e. The summed E-state index contributed by atoms with van der Waals surface area (Å²) in [6.45, 7) is 2.44. The van der Waals surface area contributed by atoms with Crippen LogP contribution in [0.2, 0.25) is 5.02 Å². The van der Waals surface area contributed by atoms with E-state index in [1.165, 1.54) is 7.11 Å². The number of anilines is 1. The summed E-state index contributed by atoms with van der Waals surface area (Å²) < 4.78 is 6.55. The summed E-state index contributed by atoms with van der Waals surface area (Å²) in [6.07, 6.45) is 2.06. The van der Waals surface area contributed by atoms with E-state index in [0.29, 0.717) is 24.1 Å². The molecule has 0 saturated heterocycles. The Bertz CT molecular complexity index is 735. The van der Waals surface area contributed by atoms with Crippen molar-refractivity contribution in [3.05, 3.63) is 34.0 Å². The minimum absolute atomic E-state index is 0.103.